The van der Waals surface area contributed by atoms with Gasteiger partial charge in [-0.1, -0.05) is 12.1 Å². The van der Waals surface area contributed by atoms with Crippen molar-refractivity contribution in [2.75, 3.05) is 39.3 Å². The Hall–Kier alpha value is -2.10. The summed E-state index contributed by atoms with van der Waals surface area (Å²) in [5.74, 6) is 1.12. The lowest BCUT2D eigenvalue weighted by Crippen LogP contribution is -2.56. The van der Waals surface area contributed by atoms with Crippen LogP contribution in [0.4, 0.5) is 4.79 Å². The number of rotatable bonds is 6. The molecule has 0 saturated carbocycles. The molecular formula is C21H30N4O2. The van der Waals surface area contributed by atoms with Gasteiger partial charge in [0.2, 0.25) is 0 Å². The van der Waals surface area contributed by atoms with E-state index in [0.717, 1.165) is 51.1 Å². The standard InChI is InChI=1S/C21H30N4O2/c1-2-23-21(27)25-14-17-10-18(15-25)13-24(12-17)9-3-4-20(26)19-7-5-16(11-22)6-8-19/h5-8,17-18,20,26H,2-4,9-10,12-15H2,1H3,(H,23,27). The van der Waals surface area contributed by atoms with Gasteiger partial charge < -0.3 is 20.2 Å². The molecule has 146 valence electrons. The number of nitriles is 1. The summed E-state index contributed by atoms with van der Waals surface area (Å²) in [6, 6.07) is 9.36. The van der Waals surface area contributed by atoms with Crippen LogP contribution >= 0.6 is 0 Å². The van der Waals surface area contributed by atoms with Crippen LogP contribution in [-0.4, -0.2) is 60.2 Å². The third-order valence-corrected chi connectivity index (χ3v) is 5.65. The van der Waals surface area contributed by atoms with Crippen LogP contribution in [0.25, 0.3) is 0 Å². The van der Waals surface area contributed by atoms with Crippen LogP contribution < -0.4 is 5.32 Å². The molecule has 3 rings (SSSR count). The third kappa shape index (κ3) is 5.21. The Balaban J connectivity index is 1.42. The molecule has 0 aromatic heterocycles. The summed E-state index contributed by atoms with van der Waals surface area (Å²) in [7, 11) is 0. The van der Waals surface area contributed by atoms with E-state index in [1.807, 2.05) is 24.0 Å². The maximum atomic E-state index is 12.1. The first kappa shape index (κ1) is 19.7. The van der Waals surface area contributed by atoms with E-state index >= 15 is 0 Å². The molecule has 6 heteroatoms. The summed E-state index contributed by atoms with van der Waals surface area (Å²) in [5.41, 5.74) is 1.49. The molecular weight excluding hydrogens is 340 g/mol. The highest BCUT2D eigenvalue weighted by Gasteiger charge is 2.35. The van der Waals surface area contributed by atoms with Gasteiger partial charge in [0.25, 0.3) is 0 Å². The third-order valence-electron chi connectivity index (χ3n) is 5.65. The zero-order valence-corrected chi connectivity index (χ0v) is 16.1. The van der Waals surface area contributed by atoms with Gasteiger partial charge in [0.05, 0.1) is 17.7 Å². The van der Waals surface area contributed by atoms with Crippen molar-refractivity contribution in [2.45, 2.75) is 32.3 Å². The largest absolute Gasteiger partial charge is 0.388 e. The molecule has 2 aliphatic heterocycles. The van der Waals surface area contributed by atoms with Crippen molar-refractivity contribution >= 4 is 6.03 Å². The summed E-state index contributed by atoms with van der Waals surface area (Å²) in [4.78, 5) is 16.6. The van der Waals surface area contributed by atoms with Crippen LogP contribution in [-0.2, 0) is 0 Å². The summed E-state index contributed by atoms with van der Waals surface area (Å²) < 4.78 is 0. The minimum atomic E-state index is -0.477. The predicted molar refractivity (Wildman–Crippen MR) is 104 cm³/mol. The maximum Gasteiger partial charge on any atom is 0.317 e. The Bertz CT molecular complexity index is 656. The first-order valence-corrected chi connectivity index (χ1v) is 10.0. The van der Waals surface area contributed by atoms with Crippen molar-refractivity contribution in [3.63, 3.8) is 0 Å². The highest BCUT2D eigenvalue weighted by Crippen LogP contribution is 2.29. The molecule has 2 aliphatic rings. The number of hydrogen-bond donors (Lipinski definition) is 2. The minimum absolute atomic E-state index is 0.0752. The average molecular weight is 370 g/mol. The van der Waals surface area contributed by atoms with Crippen molar-refractivity contribution in [1.29, 1.82) is 5.26 Å². The molecule has 2 amide bonds. The lowest BCUT2D eigenvalue weighted by Gasteiger charge is -2.45. The summed E-state index contributed by atoms with van der Waals surface area (Å²) >= 11 is 0. The number of hydrogen-bond acceptors (Lipinski definition) is 4. The van der Waals surface area contributed by atoms with Gasteiger partial charge in [0, 0.05) is 32.7 Å². The van der Waals surface area contributed by atoms with Gasteiger partial charge >= 0.3 is 6.03 Å². The van der Waals surface area contributed by atoms with Crippen LogP contribution in [0.2, 0.25) is 0 Å². The number of likely N-dealkylation sites (tertiary alicyclic amines) is 2. The first-order valence-electron chi connectivity index (χ1n) is 10.0. The minimum Gasteiger partial charge on any atom is -0.388 e. The van der Waals surface area contributed by atoms with E-state index in [2.05, 4.69) is 16.3 Å². The lowest BCUT2D eigenvalue weighted by molar-refractivity contribution is 0.0436. The number of carbonyl (C=O) groups excluding carboxylic acids is 1. The number of nitrogens with one attached hydrogen (secondary N) is 1. The highest BCUT2D eigenvalue weighted by molar-refractivity contribution is 5.74. The zero-order valence-electron chi connectivity index (χ0n) is 16.1. The fraction of sp³-hybridized carbons (Fsp3) is 0.619. The molecule has 27 heavy (non-hydrogen) atoms. The molecule has 0 aliphatic carbocycles. The molecule has 2 fully saturated rings. The second kappa shape index (κ2) is 9.20. The van der Waals surface area contributed by atoms with E-state index < -0.39 is 6.10 Å². The van der Waals surface area contributed by atoms with E-state index in [0.29, 0.717) is 23.9 Å². The fourth-order valence-corrected chi connectivity index (χ4v) is 4.45. The van der Waals surface area contributed by atoms with Gasteiger partial charge in [-0.2, -0.15) is 5.26 Å². The fourth-order valence-electron chi connectivity index (χ4n) is 4.45. The van der Waals surface area contributed by atoms with E-state index in [1.165, 1.54) is 6.42 Å². The van der Waals surface area contributed by atoms with E-state index in [9.17, 15) is 9.90 Å². The van der Waals surface area contributed by atoms with Crippen LogP contribution in [0, 0.1) is 23.2 Å². The highest BCUT2D eigenvalue weighted by atomic mass is 16.3. The van der Waals surface area contributed by atoms with Crippen molar-refractivity contribution in [3.8, 4) is 6.07 Å². The Morgan fingerprint density at radius 2 is 1.93 bits per heavy atom. The zero-order chi connectivity index (χ0) is 19.2. The Kier molecular flexibility index (Phi) is 6.70. The molecule has 6 nitrogen and oxygen atoms in total. The predicted octanol–water partition coefficient (Wildman–Crippen LogP) is 2.36. The maximum absolute atomic E-state index is 12.1. The monoisotopic (exact) mass is 370 g/mol. The number of aliphatic hydroxyl groups is 1. The van der Waals surface area contributed by atoms with Crippen molar-refractivity contribution < 1.29 is 9.90 Å². The Morgan fingerprint density at radius 1 is 1.26 bits per heavy atom. The molecule has 3 unspecified atom stereocenters. The van der Waals surface area contributed by atoms with Gasteiger partial charge in [0.15, 0.2) is 0 Å². The number of benzene rings is 1. The topological polar surface area (TPSA) is 79.6 Å². The molecule has 1 aromatic carbocycles. The second-order valence-electron chi connectivity index (χ2n) is 7.86. The van der Waals surface area contributed by atoms with Crippen LogP contribution in [0.1, 0.15) is 43.4 Å². The number of urea groups is 1. The molecule has 2 saturated heterocycles. The van der Waals surface area contributed by atoms with Crippen LogP contribution in [0.15, 0.2) is 24.3 Å². The quantitative estimate of drug-likeness (QED) is 0.806. The first-order chi connectivity index (χ1) is 13.1. The molecule has 2 bridgehead atoms. The van der Waals surface area contributed by atoms with Crippen LogP contribution in [0.3, 0.4) is 0 Å². The smallest absolute Gasteiger partial charge is 0.317 e. The van der Waals surface area contributed by atoms with Gasteiger partial charge in [-0.15, -0.1) is 0 Å². The normalized spacial score (nSPS) is 23.5. The van der Waals surface area contributed by atoms with Gasteiger partial charge in [-0.05, 0) is 62.3 Å². The van der Waals surface area contributed by atoms with Crippen molar-refractivity contribution in [1.82, 2.24) is 15.1 Å². The summed E-state index contributed by atoms with van der Waals surface area (Å²) in [6.45, 7) is 7.41. The number of amides is 2. The number of aliphatic hydroxyl groups excluding tert-OH is 1. The van der Waals surface area contributed by atoms with E-state index in [1.54, 1.807) is 12.1 Å². The lowest BCUT2D eigenvalue weighted by atomic mass is 9.84. The molecule has 2 N–H and O–H groups in total. The SMILES string of the molecule is CCNC(=O)N1CC2CC(CN(CCCC(O)c3ccc(C#N)cc3)C2)C1. The van der Waals surface area contributed by atoms with Gasteiger partial charge in [0.1, 0.15) is 0 Å². The molecule has 0 radical (unpaired) electrons. The number of carbonyl (C=O) groups is 1. The molecule has 2 heterocycles. The van der Waals surface area contributed by atoms with Crippen molar-refractivity contribution in [2.24, 2.45) is 11.8 Å². The number of nitrogens with zero attached hydrogens (tertiary/aromatic N) is 3. The van der Waals surface area contributed by atoms with E-state index in [4.69, 9.17) is 5.26 Å². The van der Waals surface area contributed by atoms with Crippen molar-refractivity contribution in [3.05, 3.63) is 35.4 Å². The molecule has 3 atom stereocenters. The summed E-state index contributed by atoms with van der Waals surface area (Å²) in [5, 5.41) is 22.1. The average Bonchev–Trinajstić information content (AvgIpc) is 2.67. The number of fused-ring (bicyclic) bond motifs is 2. The Labute approximate surface area is 161 Å². The second-order valence-corrected chi connectivity index (χ2v) is 7.86. The van der Waals surface area contributed by atoms with E-state index in [-0.39, 0.29) is 6.03 Å². The molecule has 1 aromatic rings. The van der Waals surface area contributed by atoms with Gasteiger partial charge in [-0.25, -0.2) is 4.79 Å². The Morgan fingerprint density at radius 3 is 2.52 bits per heavy atom. The molecule has 0 spiro atoms. The summed E-state index contributed by atoms with van der Waals surface area (Å²) in [6.07, 6.45) is 2.42. The number of piperidine rings is 2. The van der Waals surface area contributed by atoms with Gasteiger partial charge in [-0.3, -0.25) is 0 Å². The van der Waals surface area contributed by atoms with Crippen LogP contribution in [0.5, 0.6) is 0 Å².